The van der Waals surface area contributed by atoms with Crippen LogP contribution in [0, 0.1) is 13.8 Å². The standard InChI is InChI=1S/C28H45N3O6S/c1-8-9-10-11-12-15-31(26(34)22(18-38)30-27(35)37-28(4,5)6)24(25(33)29-17-23(32)36-7)21-14-13-19(2)16-20(21)3/h13-14,16,22,24,38H,8-12,15,17-18H2,1-7H3,(H,29,33)(H,30,35). The van der Waals surface area contributed by atoms with Gasteiger partial charge in [-0.15, -0.1) is 0 Å². The van der Waals surface area contributed by atoms with Crippen molar-refractivity contribution in [2.45, 2.75) is 91.3 Å². The highest BCUT2D eigenvalue weighted by molar-refractivity contribution is 7.80. The Morgan fingerprint density at radius 2 is 1.71 bits per heavy atom. The van der Waals surface area contributed by atoms with Gasteiger partial charge in [-0.1, -0.05) is 56.4 Å². The highest BCUT2D eigenvalue weighted by Crippen LogP contribution is 2.27. The van der Waals surface area contributed by atoms with Crippen molar-refractivity contribution in [3.8, 4) is 0 Å². The number of alkyl carbamates (subject to hydrolysis) is 1. The fourth-order valence-corrected chi connectivity index (χ4v) is 4.25. The molecule has 0 aliphatic heterocycles. The van der Waals surface area contributed by atoms with Crippen molar-refractivity contribution in [1.29, 1.82) is 0 Å². The van der Waals surface area contributed by atoms with E-state index in [0.717, 1.165) is 36.8 Å². The number of unbranched alkanes of at least 4 members (excludes halogenated alkanes) is 4. The van der Waals surface area contributed by atoms with Gasteiger partial charge in [-0.3, -0.25) is 14.4 Å². The minimum absolute atomic E-state index is 0.00773. The number of methoxy groups -OCH3 is 1. The number of carbonyl (C=O) groups excluding carboxylic acids is 4. The number of benzene rings is 1. The zero-order valence-electron chi connectivity index (χ0n) is 23.9. The van der Waals surface area contributed by atoms with Crippen LogP contribution in [0.15, 0.2) is 18.2 Å². The van der Waals surface area contributed by atoms with Gasteiger partial charge in [0, 0.05) is 12.3 Å². The van der Waals surface area contributed by atoms with E-state index >= 15 is 0 Å². The molecule has 0 saturated carbocycles. The molecule has 9 nitrogen and oxygen atoms in total. The molecule has 0 radical (unpaired) electrons. The number of hydrogen-bond acceptors (Lipinski definition) is 7. The predicted molar refractivity (Wildman–Crippen MR) is 151 cm³/mol. The van der Waals surface area contributed by atoms with E-state index in [0.29, 0.717) is 12.0 Å². The molecule has 0 aliphatic carbocycles. The zero-order chi connectivity index (χ0) is 28.9. The number of carbonyl (C=O) groups is 4. The second-order valence-electron chi connectivity index (χ2n) is 10.4. The van der Waals surface area contributed by atoms with E-state index in [4.69, 9.17) is 4.74 Å². The molecule has 1 rings (SSSR count). The molecule has 0 saturated heterocycles. The number of ether oxygens (including phenoxy) is 2. The summed E-state index contributed by atoms with van der Waals surface area (Å²) >= 11 is 4.32. The van der Waals surface area contributed by atoms with Crippen LogP contribution in [-0.2, 0) is 23.9 Å². The third kappa shape index (κ3) is 11.3. The van der Waals surface area contributed by atoms with Crippen molar-refractivity contribution >= 4 is 36.5 Å². The Balaban J connectivity index is 3.44. The molecular formula is C28H45N3O6S. The van der Waals surface area contributed by atoms with E-state index in [1.54, 1.807) is 20.8 Å². The summed E-state index contributed by atoms with van der Waals surface area (Å²) in [6, 6.07) is 3.59. The third-order valence-corrected chi connectivity index (χ3v) is 6.24. The van der Waals surface area contributed by atoms with Gasteiger partial charge in [0.05, 0.1) is 7.11 Å². The Bertz CT molecular complexity index is 947. The molecule has 3 amide bonds. The molecule has 10 heteroatoms. The first kappa shape index (κ1) is 33.3. The second kappa shape index (κ2) is 16.3. The molecule has 0 heterocycles. The normalized spacial score (nSPS) is 12.7. The molecule has 1 aromatic rings. The molecule has 2 N–H and O–H groups in total. The maximum Gasteiger partial charge on any atom is 0.408 e. The summed E-state index contributed by atoms with van der Waals surface area (Å²) in [7, 11) is 1.24. The first-order valence-corrected chi connectivity index (χ1v) is 13.8. The number of hydrogen-bond donors (Lipinski definition) is 3. The Morgan fingerprint density at radius 1 is 1.05 bits per heavy atom. The summed E-state index contributed by atoms with van der Waals surface area (Å²) in [5.41, 5.74) is 1.73. The van der Waals surface area contributed by atoms with Gasteiger partial charge in [-0.2, -0.15) is 12.6 Å². The second-order valence-corrected chi connectivity index (χ2v) is 10.7. The van der Waals surface area contributed by atoms with E-state index < -0.39 is 41.6 Å². The maximum absolute atomic E-state index is 13.9. The summed E-state index contributed by atoms with van der Waals surface area (Å²) in [5, 5.41) is 5.22. The minimum atomic E-state index is -1.03. The minimum Gasteiger partial charge on any atom is -0.468 e. The summed E-state index contributed by atoms with van der Waals surface area (Å²) in [6.45, 7) is 11.1. The predicted octanol–water partition coefficient (Wildman–Crippen LogP) is 4.26. The Labute approximate surface area is 232 Å². The third-order valence-electron chi connectivity index (χ3n) is 5.87. The molecule has 0 spiro atoms. The smallest absolute Gasteiger partial charge is 0.408 e. The van der Waals surface area contributed by atoms with Crippen LogP contribution < -0.4 is 10.6 Å². The first-order chi connectivity index (χ1) is 17.8. The summed E-state index contributed by atoms with van der Waals surface area (Å²) in [4.78, 5) is 53.2. The monoisotopic (exact) mass is 551 g/mol. The number of amides is 3. The van der Waals surface area contributed by atoms with Crippen LogP contribution in [0.25, 0.3) is 0 Å². The van der Waals surface area contributed by atoms with Crippen molar-refractivity contribution in [3.63, 3.8) is 0 Å². The summed E-state index contributed by atoms with van der Waals surface area (Å²) in [5.74, 6) is -1.57. The van der Waals surface area contributed by atoms with Gasteiger partial charge < -0.3 is 25.0 Å². The van der Waals surface area contributed by atoms with Crippen LogP contribution in [0.1, 0.15) is 82.5 Å². The molecule has 38 heavy (non-hydrogen) atoms. The Hall–Kier alpha value is -2.75. The van der Waals surface area contributed by atoms with Crippen LogP contribution in [0.4, 0.5) is 4.79 Å². The number of aryl methyl sites for hydroxylation is 2. The summed E-state index contributed by atoms with van der Waals surface area (Å²) < 4.78 is 10.0. The van der Waals surface area contributed by atoms with Crippen LogP contribution in [0.2, 0.25) is 0 Å². The number of esters is 1. The van der Waals surface area contributed by atoms with Gasteiger partial charge >= 0.3 is 12.1 Å². The highest BCUT2D eigenvalue weighted by Gasteiger charge is 2.36. The number of nitrogens with zero attached hydrogens (tertiary/aromatic N) is 1. The fourth-order valence-electron chi connectivity index (χ4n) is 4.00. The van der Waals surface area contributed by atoms with Gasteiger partial charge in [0.25, 0.3) is 0 Å². The molecule has 214 valence electrons. The van der Waals surface area contributed by atoms with E-state index in [9.17, 15) is 19.2 Å². The average molecular weight is 552 g/mol. The summed E-state index contributed by atoms with van der Waals surface area (Å²) in [6.07, 6.45) is 3.97. The van der Waals surface area contributed by atoms with Gasteiger partial charge in [0.2, 0.25) is 11.8 Å². The lowest BCUT2D eigenvalue weighted by Crippen LogP contribution is -2.54. The molecule has 2 unspecified atom stereocenters. The lowest BCUT2D eigenvalue weighted by atomic mass is 9.96. The van der Waals surface area contributed by atoms with Gasteiger partial charge in [-0.25, -0.2) is 4.79 Å². The van der Waals surface area contributed by atoms with Crippen LogP contribution in [0.5, 0.6) is 0 Å². The van der Waals surface area contributed by atoms with E-state index in [2.05, 4.69) is 34.9 Å². The topological polar surface area (TPSA) is 114 Å². The van der Waals surface area contributed by atoms with E-state index in [-0.39, 0.29) is 18.8 Å². The Morgan fingerprint density at radius 3 is 2.26 bits per heavy atom. The number of nitrogens with one attached hydrogen (secondary N) is 2. The first-order valence-electron chi connectivity index (χ1n) is 13.2. The van der Waals surface area contributed by atoms with Crippen molar-refractivity contribution in [1.82, 2.24) is 15.5 Å². The van der Waals surface area contributed by atoms with Crippen molar-refractivity contribution in [2.75, 3.05) is 26.0 Å². The van der Waals surface area contributed by atoms with Crippen molar-refractivity contribution < 1.29 is 28.7 Å². The maximum atomic E-state index is 13.9. The molecule has 0 aliphatic rings. The van der Waals surface area contributed by atoms with Gasteiger partial charge in [0.1, 0.15) is 24.2 Å². The SMILES string of the molecule is CCCCCCCN(C(=O)C(CS)NC(=O)OC(C)(C)C)C(C(=O)NCC(=O)OC)c1ccc(C)cc1C. The lowest BCUT2D eigenvalue weighted by Gasteiger charge is -2.35. The van der Waals surface area contributed by atoms with Crippen LogP contribution >= 0.6 is 12.6 Å². The largest absolute Gasteiger partial charge is 0.468 e. The number of thiol groups is 1. The van der Waals surface area contributed by atoms with Crippen molar-refractivity contribution in [2.24, 2.45) is 0 Å². The molecule has 0 fully saturated rings. The molecular weight excluding hydrogens is 506 g/mol. The van der Waals surface area contributed by atoms with Crippen LogP contribution in [0.3, 0.4) is 0 Å². The highest BCUT2D eigenvalue weighted by atomic mass is 32.1. The fraction of sp³-hybridized carbons (Fsp3) is 0.643. The zero-order valence-corrected chi connectivity index (χ0v) is 24.8. The lowest BCUT2D eigenvalue weighted by molar-refractivity contribution is -0.144. The van der Waals surface area contributed by atoms with E-state index in [1.165, 1.54) is 12.0 Å². The van der Waals surface area contributed by atoms with E-state index in [1.807, 2.05) is 32.0 Å². The molecule has 2 atom stereocenters. The van der Waals surface area contributed by atoms with Crippen molar-refractivity contribution in [3.05, 3.63) is 34.9 Å². The molecule has 0 aromatic heterocycles. The number of rotatable bonds is 14. The van der Waals surface area contributed by atoms with Gasteiger partial charge in [0.15, 0.2) is 0 Å². The Kier molecular flexibility index (Phi) is 14.2. The molecule has 1 aromatic carbocycles. The van der Waals surface area contributed by atoms with Crippen LogP contribution in [-0.4, -0.2) is 66.4 Å². The van der Waals surface area contributed by atoms with Gasteiger partial charge in [-0.05, 0) is 52.2 Å². The average Bonchev–Trinajstić information content (AvgIpc) is 2.84. The molecule has 0 bridgehead atoms. The quantitative estimate of drug-likeness (QED) is 0.181.